The molecule has 0 bridgehead atoms. The van der Waals surface area contributed by atoms with E-state index in [0.29, 0.717) is 12.1 Å². The SMILES string of the molecule is [C-]#[N+]c1ccc(C)c(CC(=O)C2CCCCN2)c1C. The van der Waals surface area contributed by atoms with Crippen molar-refractivity contribution >= 4 is 11.5 Å². The van der Waals surface area contributed by atoms with Crippen LogP contribution in [0.1, 0.15) is 36.0 Å². The van der Waals surface area contributed by atoms with Gasteiger partial charge in [-0.1, -0.05) is 18.6 Å². The van der Waals surface area contributed by atoms with Gasteiger partial charge in [-0.15, -0.1) is 0 Å². The zero-order valence-electron chi connectivity index (χ0n) is 11.6. The number of nitrogens with zero attached hydrogens (tertiary/aromatic N) is 1. The van der Waals surface area contributed by atoms with Crippen LogP contribution in [-0.4, -0.2) is 18.4 Å². The molecule has 0 aromatic heterocycles. The molecule has 3 nitrogen and oxygen atoms in total. The predicted molar refractivity (Wildman–Crippen MR) is 76.5 cm³/mol. The summed E-state index contributed by atoms with van der Waals surface area (Å²) in [6.07, 6.45) is 3.68. The Balaban J connectivity index is 2.18. The van der Waals surface area contributed by atoms with Gasteiger partial charge < -0.3 is 5.32 Å². The molecule has 0 spiro atoms. The van der Waals surface area contributed by atoms with E-state index in [0.717, 1.165) is 42.5 Å². The summed E-state index contributed by atoms with van der Waals surface area (Å²) in [6, 6.07) is 3.78. The molecule has 1 saturated heterocycles. The Morgan fingerprint density at radius 3 is 2.84 bits per heavy atom. The van der Waals surface area contributed by atoms with E-state index in [4.69, 9.17) is 6.57 Å². The highest BCUT2D eigenvalue weighted by Crippen LogP contribution is 2.26. The second-order valence-electron chi connectivity index (χ2n) is 5.26. The van der Waals surface area contributed by atoms with Crippen molar-refractivity contribution in [2.24, 2.45) is 0 Å². The molecule has 0 aliphatic carbocycles. The number of hydrogen-bond acceptors (Lipinski definition) is 2. The molecule has 19 heavy (non-hydrogen) atoms. The highest BCUT2D eigenvalue weighted by molar-refractivity contribution is 5.87. The van der Waals surface area contributed by atoms with Gasteiger partial charge >= 0.3 is 0 Å². The molecular formula is C16H20N2O. The van der Waals surface area contributed by atoms with Crippen LogP contribution in [-0.2, 0) is 11.2 Å². The number of hydrogen-bond donors (Lipinski definition) is 1. The van der Waals surface area contributed by atoms with Crippen LogP contribution in [0.5, 0.6) is 0 Å². The summed E-state index contributed by atoms with van der Waals surface area (Å²) in [6.45, 7) is 12.1. The number of Topliss-reactive ketones (excluding diaryl/α,β-unsaturated/α-hetero) is 1. The molecule has 1 atom stereocenters. The molecule has 100 valence electrons. The van der Waals surface area contributed by atoms with Crippen molar-refractivity contribution in [3.05, 3.63) is 40.2 Å². The number of ketones is 1. The van der Waals surface area contributed by atoms with Crippen LogP contribution in [0, 0.1) is 20.4 Å². The van der Waals surface area contributed by atoms with E-state index in [1.165, 1.54) is 0 Å². The first-order valence-electron chi connectivity index (χ1n) is 6.86. The van der Waals surface area contributed by atoms with Gasteiger partial charge in [-0.2, -0.15) is 0 Å². The van der Waals surface area contributed by atoms with Crippen molar-refractivity contribution in [3.8, 4) is 0 Å². The molecule has 0 amide bonds. The summed E-state index contributed by atoms with van der Waals surface area (Å²) in [4.78, 5) is 15.8. The third-order valence-corrected chi connectivity index (χ3v) is 3.97. The van der Waals surface area contributed by atoms with E-state index in [9.17, 15) is 4.79 Å². The number of rotatable bonds is 3. The first-order chi connectivity index (χ1) is 9.13. The fraction of sp³-hybridized carbons (Fsp3) is 0.500. The summed E-state index contributed by atoms with van der Waals surface area (Å²) >= 11 is 0. The zero-order chi connectivity index (χ0) is 13.8. The van der Waals surface area contributed by atoms with Gasteiger partial charge in [0.15, 0.2) is 11.5 Å². The Kier molecular flexibility index (Phi) is 4.34. The molecule has 0 radical (unpaired) electrons. The fourth-order valence-corrected chi connectivity index (χ4v) is 2.70. The highest BCUT2D eigenvalue weighted by atomic mass is 16.1. The molecule has 1 aliphatic rings. The summed E-state index contributed by atoms with van der Waals surface area (Å²) < 4.78 is 0. The standard InChI is InChI=1S/C16H20N2O/c1-11-7-8-14(17-3)12(2)13(11)10-16(19)15-6-4-5-9-18-15/h7-8,15,18H,4-6,9-10H2,1-2H3. The quantitative estimate of drug-likeness (QED) is 0.843. The van der Waals surface area contributed by atoms with Crippen molar-refractivity contribution in [2.45, 2.75) is 45.6 Å². The lowest BCUT2D eigenvalue weighted by Crippen LogP contribution is -2.41. The summed E-state index contributed by atoms with van der Waals surface area (Å²) in [5.74, 6) is 0.257. The molecule has 2 rings (SSSR count). The molecule has 1 fully saturated rings. The highest BCUT2D eigenvalue weighted by Gasteiger charge is 2.22. The Hall–Kier alpha value is -1.66. The first-order valence-corrected chi connectivity index (χ1v) is 6.86. The monoisotopic (exact) mass is 256 g/mol. The molecule has 1 heterocycles. The number of nitrogens with one attached hydrogen (secondary N) is 1. The van der Waals surface area contributed by atoms with E-state index >= 15 is 0 Å². The maximum atomic E-state index is 12.3. The molecule has 1 unspecified atom stereocenters. The average molecular weight is 256 g/mol. The maximum Gasteiger partial charge on any atom is 0.190 e. The van der Waals surface area contributed by atoms with Crippen LogP contribution in [0.2, 0.25) is 0 Å². The van der Waals surface area contributed by atoms with Crippen molar-refractivity contribution in [2.75, 3.05) is 6.54 Å². The summed E-state index contributed by atoms with van der Waals surface area (Å²) in [5, 5.41) is 3.30. The normalized spacial score (nSPS) is 18.9. The lowest BCUT2D eigenvalue weighted by Gasteiger charge is -2.23. The van der Waals surface area contributed by atoms with Gasteiger partial charge in [0.2, 0.25) is 0 Å². The van der Waals surface area contributed by atoms with Crippen LogP contribution in [0.15, 0.2) is 12.1 Å². The van der Waals surface area contributed by atoms with Crippen molar-refractivity contribution in [1.82, 2.24) is 5.32 Å². The molecule has 0 saturated carbocycles. The van der Waals surface area contributed by atoms with Gasteiger partial charge in [-0.3, -0.25) is 4.79 Å². The second kappa shape index (κ2) is 5.99. The number of aryl methyl sites for hydroxylation is 1. The van der Waals surface area contributed by atoms with Crippen molar-refractivity contribution < 1.29 is 4.79 Å². The van der Waals surface area contributed by atoms with Crippen LogP contribution in [0.25, 0.3) is 4.85 Å². The van der Waals surface area contributed by atoms with E-state index < -0.39 is 0 Å². The smallest absolute Gasteiger partial charge is 0.190 e. The van der Waals surface area contributed by atoms with E-state index in [1.54, 1.807) is 0 Å². The Bertz CT molecular complexity index is 522. The van der Waals surface area contributed by atoms with Crippen LogP contribution < -0.4 is 5.32 Å². The van der Waals surface area contributed by atoms with Gasteiger partial charge in [0.05, 0.1) is 12.6 Å². The second-order valence-corrected chi connectivity index (χ2v) is 5.26. The average Bonchev–Trinajstić information content (AvgIpc) is 2.44. The fourth-order valence-electron chi connectivity index (χ4n) is 2.70. The maximum absolute atomic E-state index is 12.3. The van der Waals surface area contributed by atoms with E-state index in [1.807, 2.05) is 26.0 Å². The van der Waals surface area contributed by atoms with Gasteiger partial charge in [-0.25, -0.2) is 4.85 Å². The summed E-state index contributed by atoms with van der Waals surface area (Å²) in [7, 11) is 0. The van der Waals surface area contributed by atoms with Gasteiger partial charge in [0.1, 0.15) is 0 Å². The number of carbonyl (C=O) groups excluding carboxylic acids is 1. The lowest BCUT2D eigenvalue weighted by molar-refractivity contribution is -0.120. The molecule has 1 aromatic rings. The molecule has 1 aliphatic heterocycles. The Morgan fingerprint density at radius 2 is 2.21 bits per heavy atom. The van der Waals surface area contributed by atoms with Crippen LogP contribution in [0.4, 0.5) is 5.69 Å². The van der Waals surface area contributed by atoms with Gasteiger partial charge in [-0.05, 0) is 49.9 Å². The molecule has 1 N–H and O–H groups in total. The third kappa shape index (κ3) is 3.02. The van der Waals surface area contributed by atoms with E-state index in [2.05, 4.69) is 10.2 Å². The number of carbonyl (C=O) groups is 1. The molecule has 1 aromatic carbocycles. The zero-order valence-corrected chi connectivity index (χ0v) is 11.6. The first kappa shape index (κ1) is 13.8. The minimum Gasteiger partial charge on any atom is -0.307 e. The van der Waals surface area contributed by atoms with Crippen molar-refractivity contribution in [3.63, 3.8) is 0 Å². The number of piperidine rings is 1. The Morgan fingerprint density at radius 1 is 1.42 bits per heavy atom. The minimum atomic E-state index is 0.00384. The Labute approximate surface area is 114 Å². The topological polar surface area (TPSA) is 33.5 Å². The minimum absolute atomic E-state index is 0.00384. The van der Waals surface area contributed by atoms with E-state index in [-0.39, 0.29) is 11.8 Å². The lowest BCUT2D eigenvalue weighted by atomic mass is 9.92. The largest absolute Gasteiger partial charge is 0.307 e. The third-order valence-electron chi connectivity index (χ3n) is 3.97. The summed E-state index contributed by atoms with van der Waals surface area (Å²) in [5.41, 5.74) is 3.75. The molecule has 3 heteroatoms. The van der Waals surface area contributed by atoms with Crippen LogP contribution >= 0.6 is 0 Å². The predicted octanol–water partition coefficient (Wildman–Crippen LogP) is 3.11. The van der Waals surface area contributed by atoms with Crippen LogP contribution in [0.3, 0.4) is 0 Å². The van der Waals surface area contributed by atoms with Gasteiger partial charge in [0.25, 0.3) is 0 Å². The molecular weight excluding hydrogens is 236 g/mol. The number of benzene rings is 1. The van der Waals surface area contributed by atoms with Crippen molar-refractivity contribution in [1.29, 1.82) is 0 Å². The van der Waals surface area contributed by atoms with Gasteiger partial charge in [0, 0.05) is 6.42 Å².